The van der Waals surface area contributed by atoms with Crippen LogP contribution in [0.2, 0.25) is 0 Å². The summed E-state index contributed by atoms with van der Waals surface area (Å²) >= 11 is 1.55. The lowest BCUT2D eigenvalue weighted by Gasteiger charge is -2.41. The van der Waals surface area contributed by atoms with Crippen LogP contribution in [0.3, 0.4) is 0 Å². The number of piperidine rings is 1. The number of fused-ring (bicyclic) bond motifs is 2. The van der Waals surface area contributed by atoms with Gasteiger partial charge in [0, 0.05) is 47.7 Å². The molecule has 0 atom stereocenters. The van der Waals surface area contributed by atoms with Crippen LogP contribution in [0, 0.1) is 0 Å². The highest BCUT2D eigenvalue weighted by molar-refractivity contribution is 7.16. The summed E-state index contributed by atoms with van der Waals surface area (Å²) < 4.78 is 0. The fourth-order valence-electron chi connectivity index (χ4n) is 5.20. The molecule has 4 aromatic rings. The van der Waals surface area contributed by atoms with Gasteiger partial charge < -0.3 is 20.3 Å². The molecule has 0 saturated carbocycles. The first-order valence-electron chi connectivity index (χ1n) is 12.8. The van der Waals surface area contributed by atoms with Crippen molar-refractivity contribution in [2.24, 2.45) is 0 Å². The predicted octanol–water partition coefficient (Wildman–Crippen LogP) is 3.46. The molecule has 9 nitrogen and oxygen atoms in total. The molecule has 1 fully saturated rings. The molecule has 0 radical (unpaired) electrons. The summed E-state index contributed by atoms with van der Waals surface area (Å²) in [6, 6.07) is 9.54. The smallest absolute Gasteiger partial charge is 0.261 e. The van der Waals surface area contributed by atoms with Crippen molar-refractivity contribution in [2.45, 2.75) is 44.8 Å². The number of aromatic nitrogens is 3. The van der Waals surface area contributed by atoms with E-state index in [9.17, 15) is 14.7 Å². The number of β-amino-alcohol motifs (C(OH)–C–C–N with tert-alkyl or cyclic N) is 1. The molecule has 0 aliphatic carbocycles. The molecule has 2 aliphatic rings. The SMILES string of the molecule is CC(C)(O)CNC1(C)CCN(c2nc(C3=C(c4c[nH]c5sccc45)C(=O)NC3=O)c3ccccc3n2)CC1. The maximum absolute atomic E-state index is 13.2. The number of H-pyrrole nitrogens is 1. The molecule has 2 aliphatic heterocycles. The fraction of sp³-hybridized carbons (Fsp3) is 0.357. The lowest BCUT2D eigenvalue weighted by molar-refractivity contribution is -0.122. The molecular formula is C28H30N6O3S. The topological polar surface area (TPSA) is 123 Å². The number of benzene rings is 1. The minimum absolute atomic E-state index is 0.107. The lowest BCUT2D eigenvalue weighted by Crippen LogP contribution is -2.54. The van der Waals surface area contributed by atoms with Crippen molar-refractivity contribution in [3.05, 3.63) is 53.2 Å². The van der Waals surface area contributed by atoms with Gasteiger partial charge in [0.2, 0.25) is 5.95 Å². The number of rotatable bonds is 6. The number of carbonyl (C=O) groups excluding carboxylic acids is 2. The van der Waals surface area contributed by atoms with Gasteiger partial charge in [-0.3, -0.25) is 14.9 Å². The second kappa shape index (κ2) is 9.00. The van der Waals surface area contributed by atoms with Gasteiger partial charge in [-0.2, -0.15) is 0 Å². The molecule has 38 heavy (non-hydrogen) atoms. The summed E-state index contributed by atoms with van der Waals surface area (Å²) in [5.41, 5.74) is 1.58. The maximum atomic E-state index is 13.2. The van der Waals surface area contributed by atoms with E-state index in [2.05, 4.69) is 27.4 Å². The van der Waals surface area contributed by atoms with Crippen LogP contribution in [0.15, 0.2) is 41.9 Å². The van der Waals surface area contributed by atoms with Gasteiger partial charge in [0.1, 0.15) is 4.83 Å². The summed E-state index contributed by atoms with van der Waals surface area (Å²) in [6.45, 7) is 7.72. The highest BCUT2D eigenvalue weighted by Crippen LogP contribution is 2.38. The number of carbonyl (C=O) groups is 2. The number of imide groups is 1. The minimum Gasteiger partial charge on any atom is -0.389 e. The number of nitrogens with zero attached hydrogens (tertiary/aromatic N) is 3. The largest absolute Gasteiger partial charge is 0.389 e. The van der Waals surface area contributed by atoms with Crippen molar-refractivity contribution in [2.75, 3.05) is 24.5 Å². The van der Waals surface area contributed by atoms with Crippen molar-refractivity contribution in [1.29, 1.82) is 0 Å². The number of nitrogens with one attached hydrogen (secondary N) is 3. The van der Waals surface area contributed by atoms with Crippen LogP contribution in [0.4, 0.5) is 5.95 Å². The maximum Gasteiger partial charge on any atom is 0.261 e. The third kappa shape index (κ3) is 4.38. The van der Waals surface area contributed by atoms with E-state index in [-0.39, 0.29) is 11.1 Å². The first-order chi connectivity index (χ1) is 18.1. The van der Waals surface area contributed by atoms with E-state index in [1.807, 2.05) is 35.7 Å². The highest BCUT2D eigenvalue weighted by atomic mass is 32.1. The first-order valence-corrected chi connectivity index (χ1v) is 13.6. The lowest BCUT2D eigenvalue weighted by atomic mass is 9.89. The molecular weight excluding hydrogens is 500 g/mol. The molecule has 1 aromatic carbocycles. The van der Waals surface area contributed by atoms with Crippen molar-refractivity contribution < 1.29 is 14.7 Å². The Kier molecular flexibility index (Phi) is 5.86. The Hall–Kier alpha value is -3.60. The van der Waals surface area contributed by atoms with Crippen LogP contribution >= 0.6 is 11.3 Å². The third-order valence-electron chi connectivity index (χ3n) is 7.43. The summed E-state index contributed by atoms with van der Waals surface area (Å²) in [6.07, 6.45) is 3.48. The molecule has 196 valence electrons. The average Bonchev–Trinajstić information content (AvgIpc) is 3.57. The summed E-state index contributed by atoms with van der Waals surface area (Å²) in [5.74, 6) is -0.337. The number of anilines is 1. The monoisotopic (exact) mass is 530 g/mol. The molecule has 3 aromatic heterocycles. The van der Waals surface area contributed by atoms with Gasteiger partial charge in [-0.25, -0.2) is 9.97 Å². The Morgan fingerprint density at radius 2 is 1.82 bits per heavy atom. The predicted molar refractivity (Wildman–Crippen MR) is 150 cm³/mol. The zero-order valence-electron chi connectivity index (χ0n) is 21.6. The average molecular weight is 531 g/mol. The second-order valence-corrected chi connectivity index (χ2v) is 11.9. The quantitative estimate of drug-likeness (QED) is 0.282. The van der Waals surface area contributed by atoms with Crippen molar-refractivity contribution in [3.63, 3.8) is 0 Å². The van der Waals surface area contributed by atoms with Gasteiger partial charge in [-0.05, 0) is 51.1 Å². The zero-order valence-corrected chi connectivity index (χ0v) is 22.4. The number of aromatic amines is 1. The van der Waals surface area contributed by atoms with Crippen molar-refractivity contribution in [1.82, 2.24) is 25.6 Å². The number of amides is 2. The molecule has 0 unspecified atom stereocenters. The number of hydrogen-bond donors (Lipinski definition) is 4. The number of para-hydroxylation sites is 1. The van der Waals surface area contributed by atoms with Crippen LogP contribution in [0.25, 0.3) is 32.3 Å². The third-order valence-corrected chi connectivity index (χ3v) is 8.27. The molecule has 5 heterocycles. The van der Waals surface area contributed by atoms with Crippen LogP contribution in [0.5, 0.6) is 0 Å². The van der Waals surface area contributed by atoms with Crippen LogP contribution in [0.1, 0.15) is 44.9 Å². The van der Waals surface area contributed by atoms with Gasteiger partial charge in [-0.1, -0.05) is 18.2 Å². The van der Waals surface area contributed by atoms with Gasteiger partial charge >= 0.3 is 0 Å². The van der Waals surface area contributed by atoms with E-state index >= 15 is 0 Å². The van der Waals surface area contributed by atoms with Gasteiger partial charge in [0.05, 0.1) is 28.0 Å². The zero-order chi connectivity index (χ0) is 26.7. The Labute approximate surface area is 224 Å². The number of thiophene rings is 1. The molecule has 4 N–H and O–H groups in total. The van der Waals surface area contributed by atoms with Crippen molar-refractivity contribution in [3.8, 4) is 0 Å². The summed E-state index contributed by atoms with van der Waals surface area (Å²) in [5, 5.41) is 19.7. The van der Waals surface area contributed by atoms with E-state index in [1.54, 1.807) is 31.4 Å². The van der Waals surface area contributed by atoms with E-state index < -0.39 is 17.4 Å². The second-order valence-electron chi connectivity index (χ2n) is 11.0. The molecule has 2 amide bonds. The summed E-state index contributed by atoms with van der Waals surface area (Å²) in [7, 11) is 0. The first kappa shape index (κ1) is 24.7. The summed E-state index contributed by atoms with van der Waals surface area (Å²) in [4.78, 5) is 42.4. The highest BCUT2D eigenvalue weighted by Gasteiger charge is 2.37. The fourth-order valence-corrected chi connectivity index (χ4v) is 5.97. The molecule has 0 bridgehead atoms. The molecule has 0 spiro atoms. The molecule has 10 heteroatoms. The normalized spacial score (nSPS) is 18.2. The Morgan fingerprint density at radius 3 is 2.58 bits per heavy atom. The molecule has 6 rings (SSSR count). The molecule has 1 saturated heterocycles. The number of aliphatic hydroxyl groups is 1. The van der Waals surface area contributed by atoms with Gasteiger partial charge in [0.25, 0.3) is 11.8 Å². The van der Waals surface area contributed by atoms with E-state index in [0.717, 1.165) is 47.1 Å². The number of hydrogen-bond acceptors (Lipinski definition) is 8. The van der Waals surface area contributed by atoms with E-state index in [1.165, 1.54) is 0 Å². The van der Waals surface area contributed by atoms with Gasteiger partial charge in [-0.15, -0.1) is 11.3 Å². The van der Waals surface area contributed by atoms with E-state index in [0.29, 0.717) is 29.3 Å². The van der Waals surface area contributed by atoms with Gasteiger partial charge in [0.15, 0.2) is 0 Å². The Bertz CT molecular complexity index is 1600. The van der Waals surface area contributed by atoms with Crippen molar-refractivity contribution >= 4 is 61.4 Å². The van der Waals surface area contributed by atoms with E-state index in [4.69, 9.17) is 9.97 Å². The standard InChI is InChI=1S/C28H30N6O3S/c1-27(2,37)15-30-28(3)9-11-34(12-10-28)26-31-19-7-5-4-6-17(19)22(32-26)21-20(23(35)33-24(21)36)18-14-29-25-16(18)8-13-38-25/h4-8,13-14,29-30,37H,9-12,15H2,1-3H3,(H,33,35,36). The Morgan fingerprint density at radius 1 is 1.08 bits per heavy atom. The van der Waals surface area contributed by atoms with Crippen LogP contribution < -0.4 is 15.5 Å². The minimum atomic E-state index is -0.782. The Balaban J connectivity index is 1.42. The van der Waals surface area contributed by atoms with Crippen LogP contribution in [-0.2, 0) is 9.59 Å². The van der Waals surface area contributed by atoms with Crippen LogP contribution in [-0.4, -0.2) is 62.6 Å².